The van der Waals surface area contributed by atoms with Crippen LogP contribution in [0.25, 0.3) is 0 Å². The van der Waals surface area contributed by atoms with Crippen LogP contribution in [0.1, 0.15) is 26.7 Å². The summed E-state index contributed by atoms with van der Waals surface area (Å²) in [6, 6.07) is 0. The number of carboxylic acid groups (broad SMARTS) is 1. The Bertz CT molecular complexity index is 138. The van der Waals surface area contributed by atoms with Crippen molar-refractivity contribution in [2.75, 3.05) is 0 Å². The molecule has 0 saturated carbocycles. The van der Waals surface area contributed by atoms with Crippen LogP contribution in [0.3, 0.4) is 0 Å². The minimum Gasteiger partial charge on any atom is -0.481 e. The second-order valence-corrected chi connectivity index (χ2v) is 3.19. The SMILES string of the molecule is C=CC[C@H](CC(C)C)C(=O)O. The van der Waals surface area contributed by atoms with Crippen molar-refractivity contribution in [3.8, 4) is 0 Å². The zero-order chi connectivity index (χ0) is 8.85. The van der Waals surface area contributed by atoms with Crippen LogP contribution in [0.15, 0.2) is 12.7 Å². The van der Waals surface area contributed by atoms with E-state index in [0.29, 0.717) is 12.3 Å². The molecule has 2 nitrogen and oxygen atoms in total. The third-order valence-corrected chi connectivity index (χ3v) is 1.56. The van der Waals surface area contributed by atoms with E-state index in [4.69, 9.17) is 5.11 Å². The maximum absolute atomic E-state index is 10.6. The molecule has 0 fully saturated rings. The molecule has 0 aromatic carbocycles. The minimum atomic E-state index is -0.710. The van der Waals surface area contributed by atoms with Crippen molar-refractivity contribution in [3.05, 3.63) is 12.7 Å². The molecule has 0 aromatic rings. The summed E-state index contributed by atoms with van der Waals surface area (Å²) < 4.78 is 0. The molecule has 64 valence electrons. The van der Waals surface area contributed by atoms with Crippen LogP contribution in [0.5, 0.6) is 0 Å². The number of hydrogen-bond donors (Lipinski definition) is 1. The number of rotatable bonds is 5. The quantitative estimate of drug-likeness (QED) is 0.620. The molecular formula is C9H16O2. The zero-order valence-corrected chi connectivity index (χ0v) is 7.21. The highest BCUT2D eigenvalue weighted by atomic mass is 16.4. The van der Waals surface area contributed by atoms with Gasteiger partial charge in [0, 0.05) is 0 Å². The first-order valence-corrected chi connectivity index (χ1v) is 3.91. The molecule has 0 heterocycles. The Balaban J connectivity index is 3.88. The van der Waals surface area contributed by atoms with E-state index in [1.807, 2.05) is 13.8 Å². The molecule has 0 saturated heterocycles. The Labute approximate surface area is 67.9 Å². The van der Waals surface area contributed by atoms with Crippen molar-refractivity contribution in [2.45, 2.75) is 26.7 Å². The normalized spacial score (nSPS) is 13.0. The number of aliphatic carboxylic acids is 1. The van der Waals surface area contributed by atoms with Gasteiger partial charge in [-0.2, -0.15) is 0 Å². The molecule has 0 aliphatic heterocycles. The van der Waals surface area contributed by atoms with Crippen molar-refractivity contribution in [3.63, 3.8) is 0 Å². The highest BCUT2D eigenvalue weighted by molar-refractivity contribution is 5.70. The molecule has 1 N–H and O–H groups in total. The first kappa shape index (κ1) is 10.2. The zero-order valence-electron chi connectivity index (χ0n) is 7.21. The van der Waals surface area contributed by atoms with Gasteiger partial charge in [0.2, 0.25) is 0 Å². The lowest BCUT2D eigenvalue weighted by atomic mass is 9.94. The van der Waals surface area contributed by atoms with Crippen LogP contribution in [-0.2, 0) is 4.79 Å². The Morgan fingerprint density at radius 3 is 2.45 bits per heavy atom. The van der Waals surface area contributed by atoms with Crippen molar-refractivity contribution < 1.29 is 9.90 Å². The van der Waals surface area contributed by atoms with Crippen molar-refractivity contribution >= 4 is 5.97 Å². The first-order chi connectivity index (χ1) is 5.07. The van der Waals surface area contributed by atoms with E-state index in [1.54, 1.807) is 6.08 Å². The molecule has 0 radical (unpaired) electrons. The lowest BCUT2D eigenvalue weighted by Crippen LogP contribution is -2.14. The number of allylic oxidation sites excluding steroid dienone is 1. The van der Waals surface area contributed by atoms with E-state index in [2.05, 4.69) is 6.58 Å². The van der Waals surface area contributed by atoms with Crippen molar-refractivity contribution in [1.82, 2.24) is 0 Å². The molecule has 0 aromatic heterocycles. The second kappa shape index (κ2) is 4.94. The molecule has 0 amide bonds. The summed E-state index contributed by atoms with van der Waals surface area (Å²) >= 11 is 0. The van der Waals surface area contributed by atoms with Gasteiger partial charge in [-0.3, -0.25) is 4.79 Å². The van der Waals surface area contributed by atoms with Gasteiger partial charge in [-0.15, -0.1) is 6.58 Å². The van der Waals surface area contributed by atoms with Gasteiger partial charge in [-0.1, -0.05) is 19.9 Å². The predicted octanol–water partition coefficient (Wildman–Crippen LogP) is 2.31. The molecular weight excluding hydrogens is 140 g/mol. The summed E-state index contributed by atoms with van der Waals surface area (Å²) in [5, 5.41) is 8.71. The third kappa shape index (κ3) is 4.59. The topological polar surface area (TPSA) is 37.3 Å². The Kier molecular flexibility index (Phi) is 4.59. The van der Waals surface area contributed by atoms with Crippen LogP contribution in [0.2, 0.25) is 0 Å². The summed E-state index contributed by atoms with van der Waals surface area (Å²) in [4.78, 5) is 10.6. The fourth-order valence-corrected chi connectivity index (χ4v) is 1.07. The fourth-order valence-electron chi connectivity index (χ4n) is 1.07. The van der Waals surface area contributed by atoms with Crippen LogP contribution in [0, 0.1) is 11.8 Å². The molecule has 0 spiro atoms. The third-order valence-electron chi connectivity index (χ3n) is 1.56. The Morgan fingerprint density at radius 2 is 2.18 bits per heavy atom. The van der Waals surface area contributed by atoms with Crippen molar-refractivity contribution in [2.24, 2.45) is 11.8 Å². The molecule has 0 unspecified atom stereocenters. The summed E-state index contributed by atoms with van der Waals surface area (Å²) in [5.74, 6) is -0.512. The van der Waals surface area contributed by atoms with Gasteiger partial charge in [-0.05, 0) is 18.8 Å². The molecule has 11 heavy (non-hydrogen) atoms. The van der Waals surface area contributed by atoms with E-state index in [1.165, 1.54) is 0 Å². The molecule has 0 aliphatic carbocycles. The van der Waals surface area contributed by atoms with Crippen LogP contribution in [-0.4, -0.2) is 11.1 Å². The number of carboxylic acids is 1. The summed E-state index contributed by atoms with van der Waals surface area (Å²) in [6.45, 7) is 7.58. The summed E-state index contributed by atoms with van der Waals surface area (Å²) in [6.07, 6.45) is 2.98. The maximum atomic E-state index is 10.6. The predicted molar refractivity (Wildman–Crippen MR) is 45.4 cm³/mol. The lowest BCUT2D eigenvalue weighted by Gasteiger charge is -2.11. The van der Waals surface area contributed by atoms with Crippen LogP contribution < -0.4 is 0 Å². The van der Waals surface area contributed by atoms with E-state index in [-0.39, 0.29) is 5.92 Å². The van der Waals surface area contributed by atoms with E-state index in [0.717, 1.165) is 6.42 Å². The molecule has 0 rings (SSSR count). The van der Waals surface area contributed by atoms with Gasteiger partial charge < -0.3 is 5.11 Å². The van der Waals surface area contributed by atoms with Gasteiger partial charge in [0.25, 0.3) is 0 Å². The van der Waals surface area contributed by atoms with Gasteiger partial charge in [0.1, 0.15) is 0 Å². The van der Waals surface area contributed by atoms with Gasteiger partial charge >= 0.3 is 5.97 Å². The highest BCUT2D eigenvalue weighted by Crippen LogP contribution is 2.15. The summed E-state index contributed by atoms with van der Waals surface area (Å²) in [5.41, 5.74) is 0. The van der Waals surface area contributed by atoms with Gasteiger partial charge in [-0.25, -0.2) is 0 Å². The summed E-state index contributed by atoms with van der Waals surface area (Å²) in [7, 11) is 0. The number of hydrogen-bond acceptors (Lipinski definition) is 1. The molecule has 0 aliphatic rings. The van der Waals surface area contributed by atoms with E-state index < -0.39 is 5.97 Å². The monoisotopic (exact) mass is 156 g/mol. The van der Waals surface area contributed by atoms with Crippen LogP contribution >= 0.6 is 0 Å². The highest BCUT2D eigenvalue weighted by Gasteiger charge is 2.16. The second-order valence-electron chi connectivity index (χ2n) is 3.19. The smallest absolute Gasteiger partial charge is 0.306 e. The minimum absolute atomic E-state index is 0.243. The first-order valence-electron chi connectivity index (χ1n) is 3.91. The molecule has 0 bridgehead atoms. The standard InChI is InChI=1S/C9H16O2/c1-4-5-8(9(10)11)6-7(2)3/h4,7-8H,1,5-6H2,2-3H3,(H,10,11)/t8-/m1/s1. The Morgan fingerprint density at radius 1 is 1.64 bits per heavy atom. The molecule has 2 heteroatoms. The average Bonchev–Trinajstić information content (AvgIpc) is 1.86. The largest absolute Gasteiger partial charge is 0.481 e. The number of carbonyl (C=O) groups is 1. The van der Waals surface area contributed by atoms with E-state index in [9.17, 15) is 4.79 Å². The van der Waals surface area contributed by atoms with Gasteiger partial charge in [0.05, 0.1) is 5.92 Å². The van der Waals surface area contributed by atoms with E-state index >= 15 is 0 Å². The van der Waals surface area contributed by atoms with Crippen molar-refractivity contribution in [1.29, 1.82) is 0 Å². The van der Waals surface area contributed by atoms with Crippen LogP contribution in [0.4, 0.5) is 0 Å². The lowest BCUT2D eigenvalue weighted by molar-refractivity contribution is -0.142. The average molecular weight is 156 g/mol. The molecule has 1 atom stereocenters. The van der Waals surface area contributed by atoms with Gasteiger partial charge in [0.15, 0.2) is 0 Å². The maximum Gasteiger partial charge on any atom is 0.306 e. The fraction of sp³-hybridized carbons (Fsp3) is 0.667. The Hall–Kier alpha value is -0.790.